The molecule has 6 unspecified atom stereocenters. The largest absolute Gasteiger partial charge is 0.490 e. The molecule has 0 aromatic carbocycles. The summed E-state index contributed by atoms with van der Waals surface area (Å²) < 4.78 is 51.2. The van der Waals surface area contributed by atoms with Crippen LogP contribution in [0.15, 0.2) is 17.1 Å². The van der Waals surface area contributed by atoms with Crippen molar-refractivity contribution < 1.29 is 61.4 Å². The molecule has 172 valence electrons. The molecule has 0 aliphatic carbocycles. The summed E-state index contributed by atoms with van der Waals surface area (Å²) >= 11 is 0. The number of phosphoric ester groups is 1. The Morgan fingerprint density at radius 1 is 1.20 bits per heavy atom. The van der Waals surface area contributed by atoms with Crippen molar-refractivity contribution in [3.05, 3.63) is 22.7 Å². The van der Waals surface area contributed by atoms with Gasteiger partial charge in [-0.2, -0.15) is 13.6 Å². The summed E-state index contributed by atoms with van der Waals surface area (Å²) in [5, 5.41) is 20.4. The van der Waals surface area contributed by atoms with E-state index in [4.69, 9.17) is 25.2 Å². The van der Waals surface area contributed by atoms with Crippen molar-refractivity contribution in [3.8, 4) is 0 Å². The van der Waals surface area contributed by atoms with Gasteiger partial charge in [-0.05, 0) is 13.0 Å². The van der Waals surface area contributed by atoms with Gasteiger partial charge < -0.3 is 40.3 Å². The highest BCUT2D eigenvalue weighted by atomic mass is 31.3. The molecule has 2 heterocycles. The molecule has 2 rings (SSSR count). The van der Waals surface area contributed by atoms with Crippen molar-refractivity contribution in [2.75, 3.05) is 12.3 Å². The Bertz CT molecular complexity index is 994. The summed E-state index contributed by atoms with van der Waals surface area (Å²) in [4.78, 5) is 50.9. The smallest absolute Gasteiger partial charge is 0.387 e. The summed E-state index contributed by atoms with van der Waals surface area (Å²) in [7, 11) is -16.8. The SMILES string of the molecule is CC1(n2ccc(N)nc2=O)OC(COP(=O)(O)OP(=O)(O)OP(=O)(O)O)C(O)C1O. The number of hydrogen-bond acceptors (Lipinski definition) is 12. The number of anilines is 1. The molecule has 17 nitrogen and oxygen atoms in total. The third-order valence-electron chi connectivity index (χ3n) is 3.76. The van der Waals surface area contributed by atoms with E-state index in [1.165, 1.54) is 13.0 Å². The minimum atomic E-state index is -5.73. The molecule has 1 aromatic heterocycles. The minimum Gasteiger partial charge on any atom is -0.387 e. The van der Waals surface area contributed by atoms with Crippen molar-refractivity contribution in [1.29, 1.82) is 0 Å². The Morgan fingerprint density at radius 2 is 1.80 bits per heavy atom. The molecule has 8 N–H and O–H groups in total. The van der Waals surface area contributed by atoms with Gasteiger partial charge >= 0.3 is 29.2 Å². The first-order valence-electron chi connectivity index (χ1n) is 7.64. The quantitative estimate of drug-likeness (QED) is 0.191. The lowest BCUT2D eigenvalue weighted by Gasteiger charge is -2.29. The molecule has 0 amide bonds. The number of ether oxygens (including phenoxy) is 1. The van der Waals surface area contributed by atoms with Crippen LogP contribution < -0.4 is 11.4 Å². The van der Waals surface area contributed by atoms with Crippen LogP contribution in [0.4, 0.5) is 5.82 Å². The van der Waals surface area contributed by atoms with Crippen molar-refractivity contribution in [1.82, 2.24) is 9.55 Å². The van der Waals surface area contributed by atoms with Gasteiger partial charge in [-0.15, -0.1) is 0 Å². The van der Waals surface area contributed by atoms with E-state index in [0.29, 0.717) is 0 Å². The van der Waals surface area contributed by atoms with Crippen LogP contribution >= 0.6 is 23.5 Å². The fraction of sp³-hybridized carbons (Fsp3) is 0.600. The normalized spacial score (nSPS) is 31.2. The maximum absolute atomic E-state index is 12.0. The molecule has 0 spiro atoms. The Morgan fingerprint density at radius 3 is 2.33 bits per heavy atom. The van der Waals surface area contributed by atoms with Crippen molar-refractivity contribution in [2.45, 2.75) is 31.0 Å². The van der Waals surface area contributed by atoms with Gasteiger partial charge in [0.25, 0.3) is 0 Å². The second-order valence-corrected chi connectivity index (χ2v) is 10.5. The minimum absolute atomic E-state index is 0.128. The maximum atomic E-state index is 12.0. The summed E-state index contributed by atoms with van der Waals surface area (Å²) in [6, 6.07) is 1.20. The predicted octanol–water partition coefficient (Wildman–Crippen LogP) is -2.04. The second-order valence-electron chi connectivity index (χ2n) is 6.04. The number of nitrogens with two attached hydrogens (primary N) is 1. The van der Waals surface area contributed by atoms with Crippen molar-refractivity contribution >= 4 is 29.3 Å². The Labute approximate surface area is 167 Å². The first-order chi connectivity index (χ1) is 13.5. The van der Waals surface area contributed by atoms with E-state index < -0.39 is 59.8 Å². The van der Waals surface area contributed by atoms with Gasteiger partial charge in [-0.1, -0.05) is 0 Å². The monoisotopic (exact) mass is 497 g/mol. The number of aliphatic hydroxyl groups is 2. The molecule has 0 saturated carbocycles. The van der Waals surface area contributed by atoms with Gasteiger partial charge in [0.1, 0.15) is 24.1 Å². The van der Waals surface area contributed by atoms with Crippen LogP contribution in [0.3, 0.4) is 0 Å². The Kier molecular flexibility index (Phi) is 7.14. The molecule has 20 heteroatoms. The van der Waals surface area contributed by atoms with Gasteiger partial charge in [-0.25, -0.2) is 18.5 Å². The lowest BCUT2D eigenvalue weighted by molar-refractivity contribution is -0.136. The number of rotatable bonds is 8. The van der Waals surface area contributed by atoms with Gasteiger partial charge in [0.15, 0.2) is 5.72 Å². The molecular weight excluding hydrogens is 479 g/mol. The van der Waals surface area contributed by atoms with Gasteiger partial charge in [0.2, 0.25) is 0 Å². The second kappa shape index (κ2) is 8.48. The molecule has 1 fully saturated rings. The van der Waals surface area contributed by atoms with Crippen LogP contribution in [0.25, 0.3) is 0 Å². The molecule has 0 bridgehead atoms. The molecule has 1 aliphatic rings. The van der Waals surface area contributed by atoms with Crippen LogP contribution in [0.5, 0.6) is 0 Å². The van der Waals surface area contributed by atoms with Crippen LogP contribution in [-0.2, 0) is 37.3 Å². The predicted molar refractivity (Wildman–Crippen MR) is 93.3 cm³/mol. The van der Waals surface area contributed by atoms with Crippen molar-refractivity contribution in [3.63, 3.8) is 0 Å². The fourth-order valence-electron chi connectivity index (χ4n) is 2.52. The third kappa shape index (κ3) is 6.02. The number of hydrogen-bond donors (Lipinski definition) is 7. The lowest BCUT2D eigenvalue weighted by atomic mass is 10.0. The van der Waals surface area contributed by atoms with E-state index in [1.54, 1.807) is 0 Å². The third-order valence-corrected chi connectivity index (χ3v) is 7.57. The van der Waals surface area contributed by atoms with E-state index in [0.717, 1.165) is 10.8 Å². The van der Waals surface area contributed by atoms with E-state index in [2.05, 4.69) is 18.1 Å². The van der Waals surface area contributed by atoms with E-state index in [1.807, 2.05) is 0 Å². The number of aliphatic hydroxyl groups excluding tert-OH is 2. The molecule has 30 heavy (non-hydrogen) atoms. The average Bonchev–Trinajstić information content (AvgIpc) is 2.74. The highest BCUT2D eigenvalue weighted by Gasteiger charge is 2.54. The van der Waals surface area contributed by atoms with Crippen LogP contribution in [0.1, 0.15) is 6.92 Å². The lowest BCUT2D eigenvalue weighted by Crippen LogP contribution is -2.48. The van der Waals surface area contributed by atoms with Gasteiger partial charge in [-0.3, -0.25) is 9.09 Å². The number of phosphoric acid groups is 3. The summed E-state index contributed by atoms with van der Waals surface area (Å²) in [6.45, 7) is 0.152. The summed E-state index contributed by atoms with van der Waals surface area (Å²) in [5.74, 6) is -0.128. The van der Waals surface area contributed by atoms with Crippen LogP contribution in [0.2, 0.25) is 0 Å². The molecular formula is C10H18N3O14P3. The standard InChI is InChI=1S/C10H18N3O14P3/c1-10(13-3-2-6(11)12-9(13)16)8(15)7(14)5(25-10)4-24-29(20,21)27-30(22,23)26-28(17,18)19/h2-3,5,7-8,14-15H,4H2,1H3,(H,20,21)(H,22,23)(H2,11,12,16)(H2,17,18,19). The highest BCUT2D eigenvalue weighted by Crippen LogP contribution is 2.66. The zero-order valence-corrected chi connectivity index (χ0v) is 17.5. The van der Waals surface area contributed by atoms with Gasteiger partial charge in [0, 0.05) is 6.20 Å². The Hall–Kier alpha value is -1.03. The van der Waals surface area contributed by atoms with Crippen molar-refractivity contribution in [2.24, 2.45) is 0 Å². The molecule has 1 aromatic rings. The zero-order chi connectivity index (χ0) is 23.1. The average molecular weight is 497 g/mol. The van der Waals surface area contributed by atoms with E-state index in [-0.39, 0.29) is 5.82 Å². The van der Waals surface area contributed by atoms with E-state index >= 15 is 0 Å². The highest BCUT2D eigenvalue weighted by molar-refractivity contribution is 7.66. The van der Waals surface area contributed by atoms with Crippen LogP contribution in [-0.4, -0.2) is 64.3 Å². The number of aromatic nitrogens is 2. The number of nitrogen functional groups attached to an aromatic ring is 1. The zero-order valence-electron chi connectivity index (χ0n) is 14.9. The molecule has 6 atom stereocenters. The Balaban J connectivity index is 2.12. The summed E-state index contributed by atoms with van der Waals surface area (Å²) in [6.07, 6.45) is -4.01. The molecule has 1 saturated heterocycles. The number of nitrogens with zero attached hydrogens (tertiary/aromatic N) is 2. The fourth-order valence-corrected chi connectivity index (χ4v) is 5.55. The topological polar surface area (TPSA) is 270 Å². The first-order valence-corrected chi connectivity index (χ1v) is 12.2. The van der Waals surface area contributed by atoms with Gasteiger partial charge in [0.05, 0.1) is 6.61 Å². The maximum Gasteiger partial charge on any atom is 0.490 e. The molecule has 1 aliphatic heterocycles. The van der Waals surface area contributed by atoms with E-state index in [9.17, 15) is 33.6 Å². The molecule has 0 radical (unpaired) electrons. The first kappa shape index (κ1) is 25.2. The summed E-state index contributed by atoms with van der Waals surface area (Å²) in [5.41, 5.74) is 2.51. The van der Waals surface area contributed by atoms with Crippen LogP contribution in [0, 0.1) is 0 Å².